The van der Waals surface area contributed by atoms with E-state index in [1.165, 1.54) is 23.5 Å². The number of nitrogens with zero attached hydrogens (tertiary/aromatic N) is 2. The van der Waals surface area contributed by atoms with Crippen LogP contribution in [0.3, 0.4) is 0 Å². The Labute approximate surface area is 118 Å². The first kappa shape index (κ1) is 14.6. The van der Waals surface area contributed by atoms with E-state index in [2.05, 4.69) is 4.90 Å². The topological polar surface area (TPSA) is 62.5 Å². The number of carboxylic acid groups (broad SMARTS) is 1. The summed E-state index contributed by atoms with van der Waals surface area (Å²) in [5.41, 5.74) is -0.587. The molecule has 1 aliphatic heterocycles. The van der Waals surface area contributed by atoms with Gasteiger partial charge in [0.2, 0.25) is 0 Å². The van der Waals surface area contributed by atoms with Crippen molar-refractivity contribution in [2.24, 2.45) is 0 Å². The van der Waals surface area contributed by atoms with Crippen molar-refractivity contribution >= 4 is 11.7 Å². The molecule has 2 heterocycles. The fraction of sp³-hybridized carbons (Fsp3) is 0.600. The lowest BCUT2D eigenvalue weighted by Gasteiger charge is -2.27. The quantitative estimate of drug-likeness (QED) is 0.919. The Balaban J connectivity index is 2.37. The molecule has 0 aromatic carbocycles. The largest absolute Gasteiger partial charge is 0.480 e. The third-order valence-corrected chi connectivity index (χ3v) is 3.99. The van der Waals surface area contributed by atoms with E-state index in [4.69, 9.17) is 0 Å². The van der Waals surface area contributed by atoms with E-state index in [-0.39, 0.29) is 5.56 Å². The Hall–Kier alpha value is -1.78. The van der Waals surface area contributed by atoms with Crippen LogP contribution in [0, 0.1) is 0 Å². The Morgan fingerprint density at radius 1 is 1.15 bits per heavy atom. The molecular weight excluding hydrogens is 256 g/mol. The van der Waals surface area contributed by atoms with E-state index >= 15 is 0 Å². The van der Waals surface area contributed by atoms with Gasteiger partial charge in [0, 0.05) is 25.4 Å². The lowest BCUT2D eigenvalue weighted by Crippen LogP contribution is -2.42. The van der Waals surface area contributed by atoms with E-state index in [0.717, 1.165) is 31.6 Å². The van der Waals surface area contributed by atoms with E-state index in [0.29, 0.717) is 0 Å². The van der Waals surface area contributed by atoms with Crippen molar-refractivity contribution in [2.45, 2.75) is 45.1 Å². The minimum absolute atomic E-state index is 0.282. The standard InChI is InChI=1S/C15H22N2O3/c1-15(2,14(19)20)17-11-12(7-8-13(17)18)16-9-5-3-4-6-10-16/h7-8,11H,3-6,9-10H2,1-2H3,(H,19,20). The number of carboxylic acids is 1. The van der Waals surface area contributed by atoms with Gasteiger partial charge in [-0.3, -0.25) is 9.36 Å². The van der Waals surface area contributed by atoms with Crippen LogP contribution in [0.15, 0.2) is 23.1 Å². The van der Waals surface area contributed by atoms with Crippen LogP contribution in [0.25, 0.3) is 0 Å². The van der Waals surface area contributed by atoms with E-state index in [9.17, 15) is 14.7 Å². The molecule has 1 aromatic rings. The molecular formula is C15H22N2O3. The molecule has 0 spiro atoms. The molecule has 0 radical (unpaired) electrons. The summed E-state index contributed by atoms with van der Waals surface area (Å²) in [6.45, 7) is 5.02. The van der Waals surface area contributed by atoms with Crippen molar-refractivity contribution in [2.75, 3.05) is 18.0 Å². The van der Waals surface area contributed by atoms with Crippen molar-refractivity contribution in [1.29, 1.82) is 0 Å². The first-order chi connectivity index (χ1) is 9.43. The average molecular weight is 278 g/mol. The predicted molar refractivity (Wildman–Crippen MR) is 78.3 cm³/mol. The Bertz CT molecular complexity index is 540. The fourth-order valence-corrected chi connectivity index (χ4v) is 2.53. The van der Waals surface area contributed by atoms with Crippen molar-refractivity contribution in [3.8, 4) is 0 Å². The molecule has 20 heavy (non-hydrogen) atoms. The van der Waals surface area contributed by atoms with Crippen LogP contribution >= 0.6 is 0 Å². The van der Waals surface area contributed by atoms with Gasteiger partial charge in [0.05, 0.1) is 5.69 Å². The highest BCUT2D eigenvalue weighted by molar-refractivity contribution is 5.75. The summed E-state index contributed by atoms with van der Waals surface area (Å²) in [7, 11) is 0. The molecule has 1 aliphatic rings. The van der Waals surface area contributed by atoms with Crippen LogP contribution in [-0.4, -0.2) is 28.7 Å². The van der Waals surface area contributed by atoms with Gasteiger partial charge in [-0.2, -0.15) is 0 Å². The van der Waals surface area contributed by atoms with Crippen molar-refractivity contribution in [1.82, 2.24) is 4.57 Å². The number of carbonyl (C=O) groups is 1. The number of hydrogen-bond acceptors (Lipinski definition) is 3. The molecule has 5 nitrogen and oxygen atoms in total. The molecule has 1 N–H and O–H groups in total. The monoisotopic (exact) mass is 278 g/mol. The predicted octanol–water partition coefficient (Wildman–Crippen LogP) is 2.05. The van der Waals surface area contributed by atoms with Gasteiger partial charge in [-0.25, -0.2) is 4.79 Å². The Morgan fingerprint density at radius 3 is 2.30 bits per heavy atom. The summed E-state index contributed by atoms with van der Waals surface area (Å²) in [4.78, 5) is 25.5. The molecule has 110 valence electrons. The first-order valence-corrected chi connectivity index (χ1v) is 7.14. The smallest absolute Gasteiger partial charge is 0.329 e. The zero-order chi connectivity index (χ0) is 14.8. The van der Waals surface area contributed by atoms with Crippen molar-refractivity contribution in [3.63, 3.8) is 0 Å². The Morgan fingerprint density at radius 2 is 1.75 bits per heavy atom. The number of hydrogen-bond donors (Lipinski definition) is 1. The highest BCUT2D eigenvalue weighted by atomic mass is 16.4. The summed E-state index contributed by atoms with van der Waals surface area (Å²) >= 11 is 0. The summed E-state index contributed by atoms with van der Waals surface area (Å²) in [6, 6.07) is 3.26. The zero-order valence-corrected chi connectivity index (χ0v) is 12.1. The molecule has 0 amide bonds. The Kier molecular flexibility index (Phi) is 4.16. The molecule has 0 saturated carbocycles. The maximum atomic E-state index is 12.0. The van der Waals surface area contributed by atoms with Gasteiger partial charge >= 0.3 is 5.97 Å². The maximum Gasteiger partial charge on any atom is 0.329 e. The SMILES string of the molecule is CC(C)(C(=O)O)n1cc(N2CCCCCC2)ccc1=O. The van der Waals surface area contributed by atoms with Crippen LogP contribution in [0.5, 0.6) is 0 Å². The van der Waals surface area contributed by atoms with Crippen LogP contribution < -0.4 is 10.5 Å². The normalized spacial score (nSPS) is 16.8. The second kappa shape index (κ2) is 5.69. The molecule has 0 atom stereocenters. The summed E-state index contributed by atoms with van der Waals surface area (Å²) in [6.07, 6.45) is 6.43. The third kappa shape index (κ3) is 2.86. The number of rotatable bonds is 3. The number of aliphatic carboxylic acids is 1. The van der Waals surface area contributed by atoms with E-state index in [1.54, 1.807) is 26.1 Å². The minimum atomic E-state index is -1.24. The first-order valence-electron chi connectivity index (χ1n) is 7.14. The van der Waals surface area contributed by atoms with E-state index < -0.39 is 11.5 Å². The molecule has 2 rings (SSSR count). The molecule has 0 bridgehead atoms. The maximum absolute atomic E-state index is 12.0. The summed E-state index contributed by atoms with van der Waals surface area (Å²) < 4.78 is 1.32. The van der Waals surface area contributed by atoms with E-state index in [1.807, 2.05) is 0 Å². The number of aromatic nitrogens is 1. The van der Waals surface area contributed by atoms with Crippen molar-refractivity contribution < 1.29 is 9.90 Å². The van der Waals surface area contributed by atoms with Gasteiger partial charge in [0.15, 0.2) is 0 Å². The van der Waals surface area contributed by atoms with Crippen LogP contribution in [0.4, 0.5) is 5.69 Å². The van der Waals surface area contributed by atoms with Gasteiger partial charge < -0.3 is 10.0 Å². The minimum Gasteiger partial charge on any atom is -0.480 e. The lowest BCUT2D eigenvalue weighted by molar-refractivity contribution is -0.145. The van der Waals surface area contributed by atoms with Crippen LogP contribution in [0.2, 0.25) is 0 Å². The lowest BCUT2D eigenvalue weighted by atomic mass is 10.1. The summed E-state index contributed by atoms with van der Waals surface area (Å²) in [5.74, 6) is -1.01. The van der Waals surface area contributed by atoms with Gasteiger partial charge in [-0.15, -0.1) is 0 Å². The van der Waals surface area contributed by atoms with Gasteiger partial charge in [-0.1, -0.05) is 12.8 Å². The number of pyridine rings is 1. The molecule has 1 saturated heterocycles. The number of anilines is 1. The fourth-order valence-electron chi connectivity index (χ4n) is 2.53. The van der Waals surface area contributed by atoms with Gasteiger partial charge in [-0.05, 0) is 32.8 Å². The third-order valence-electron chi connectivity index (χ3n) is 3.99. The van der Waals surface area contributed by atoms with Gasteiger partial charge in [0.25, 0.3) is 5.56 Å². The second-order valence-corrected chi connectivity index (χ2v) is 5.86. The highest BCUT2D eigenvalue weighted by Crippen LogP contribution is 2.21. The summed E-state index contributed by atoms with van der Waals surface area (Å²) in [5, 5.41) is 9.29. The van der Waals surface area contributed by atoms with Crippen LogP contribution in [0.1, 0.15) is 39.5 Å². The highest BCUT2D eigenvalue weighted by Gasteiger charge is 2.30. The van der Waals surface area contributed by atoms with Gasteiger partial charge in [0.1, 0.15) is 5.54 Å². The molecule has 1 aromatic heterocycles. The van der Waals surface area contributed by atoms with Crippen molar-refractivity contribution in [3.05, 3.63) is 28.7 Å². The molecule has 5 heteroatoms. The molecule has 0 unspecified atom stereocenters. The zero-order valence-electron chi connectivity index (χ0n) is 12.1. The molecule has 0 aliphatic carbocycles. The molecule has 1 fully saturated rings. The van der Waals surface area contributed by atoms with Crippen LogP contribution in [-0.2, 0) is 10.3 Å². The second-order valence-electron chi connectivity index (χ2n) is 5.86. The average Bonchev–Trinajstić information content (AvgIpc) is 2.67.